The van der Waals surface area contributed by atoms with E-state index in [-0.39, 0.29) is 4.90 Å². The number of hydrogen-bond acceptors (Lipinski definition) is 5. The molecule has 260 valence electrons. The lowest BCUT2D eigenvalue weighted by molar-refractivity contribution is 0.324. The maximum atomic E-state index is 11.6. The van der Waals surface area contributed by atoms with Crippen molar-refractivity contribution in [1.29, 1.82) is 0 Å². The van der Waals surface area contributed by atoms with Crippen molar-refractivity contribution >= 4 is 10.1 Å². The van der Waals surface area contributed by atoms with Crippen molar-refractivity contribution in [2.45, 2.75) is 66.7 Å². The van der Waals surface area contributed by atoms with Crippen molar-refractivity contribution in [3.05, 3.63) is 142 Å². The van der Waals surface area contributed by atoms with Crippen molar-refractivity contribution in [3.8, 4) is 50.3 Å². The third-order valence-corrected chi connectivity index (χ3v) is 11.5. The highest BCUT2D eigenvalue weighted by molar-refractivity contribution is 7.85. The fourth-order valence-corrected chi connectivity index (χ4v) is 8.00. The highest BCUT2D eigenvalue weighted by Gasteiger charge is 2.25. The third kappa shape index (κ3) is 6.72. The first-order valence-corrected chi connectivity index (χ1v) is 18.6. The Labute approximate surface area is 302 Å². The average Bonchev–Trinajstić information content (AvgIpc) is 3.12. The molecule has 0 fully saturated rings. The Morgan fingerprint density at radius 2 is 0.902 bits per heavy atom. The third-order valence-electron chi connectivity index (χ3n) is 10.6. The monoisotopic (exact) mass is 696 g/mol. The Morgan fingerprint density at radius 1 is 0.529 bits per heavy atom. The van der Waals surface area contributed by atoms with Gasteiger partial charge < -0.3 is 4.74 Å². The Hall–Kier alpha value is -5.11. The van der Waals surface area contributed by atoms with E-state index in [1.165, 1.54) is 67.8 Å². The standard InChI is InChI=1S/C44H44N2O4S/c1-26-30(5)42(31(6)27(2)40(26)35-16-21-45-22-17-35)38-10-9-11-39(44(38)50-25-20-34-12-14-37(15-13-34)51(47,48)49)43-32(7)28(3)41(29(4)33(43)8)36-18-23-46-24-19-36/h9-19,21-24H,20,25H2,1-8H3,(H,47,48,49). The molecule has 6 nitrogen and oxygen atoms in total. The molecule has 0 unspecified atom stereocenters. The first-order chi connectivity index (χ1) is 24.3. The van der Waals surface area contributed by atoms with E-state index < -0.39 is 10.1 Å². The van der Waals surface area contributed by atoms with E-state index in [4.69, 9.17) is 4.74 Å². The normalized spacial score (nSPS) is 11.5. The van der Waals surface area contributed by atoms with Gasteiger partial charge in [-0.05, 0) is 175 Å². The molecule has 2 heterocycles. The number of rotatable bonds is 9. The van der Waals surface area contributed by atoms with Crippen LogP contribution < -0.4 is 4.74 Å². The summed E-state index contributed by atoms with van der Waals surface area (Å²) >= 11 is 0. The van der Waals surface area contributed by atoms with Crippen LogP contribution in [-0.4, -0.2) is 29.5 Å². The summed E-state index contributed by atoms with van der Waals surface area (Å²) < 4.78 is 39.6. The van der Waals surface area contributed by atoms with Crippen LogP contribution >= 0.6 is 0 Å². The highest BCUT2D eigenvalue weighted by atomic mass is 32.2. The van der Waals surface area contributed by atoms with E-state index in [1.54, 1.807) is 12.1 Å². The van der Waals surface area contributed by atoms with Crippen LogP contribution in [-0.2, 0) is 16.5 Å². The largest absolute Gasteiger partial charge is 0.492 e. The number of benzene rings is 4. The molecular formula is C44H44N2O4S. The van der Waals surface area contributed by atoms with Gasteiger partial charge in [-0.15, -0.1) is 0 Å². The molecule has 0 atom stereocenters. The summed E-state index contributed by atoms with van der Waals surface area (Å²) in [5.41, 5.74) is 19.7. The molecule has 7 heteroatoms. The van der Waals surface area contributed by atoms with Gasteiger partial charge >= 0.3 is 0 Å². The molecule has 0 aliphatic rings. The lowest BCUT2D eigenvalue weighted by atomic mass is 9.80. The molecule has 0 spiro atoms. The molecule has 0 aliphatic carbocycles. The second-order valence-corrected chi connectivity index (χ2v) is 14.8. The Balaban J connectivity index is 1.54. The lowest BCUT2D eigenvalue weighted by Crippen LogP contribution is -2.07. The van der Waals surface area contributed by atoms with Gasteiger partial charge in [0.05, 0.1) is 11.5 Å². The molecule has 51 heavy (non-hydrogen) atoms. The van der Waals surface area contributed by atoms with Crippen molar-refractivity contribution in [2.24, 2.45) is 0 Å². The van der Waals surface area contributed by atoms with E-state index in [1.807, 2.05) is 24.8 Å². The minimum atomic E-state index is -4.27. The number of pyridine rings is 2. The Morgan fingerprint density at radius 3 is 1.27 bits per heavy atom. The second kappa shape index (κ2) is 14.3. The average molecular weight is 697 g/mol. The van der Waals surface area contributed by atoms with Crippen LogP contribution in [0.4, 0.5) is 0 Å². The van der Waals surface area contributed by atoms with Crippen molar-refractivity contribution in [3.63, 3.8) is 0 Å². The zero-order valence-corrected chi connectivity index (χ0v) is 31.4. The molecule has 0 bridgehead atoms. The summed E-state index contributed by atoms with van der Waals surface area (Å²) in [4.78, 5) is 8.37. The summed E-state index contributed by atoms with van der Waals surface area (Å²) in [5, 5.41) is 0. The molecule has 6 rings (SSSR count). The Bertz CT molecular complexity index is 2180. The zero-order valence-electron chi connectivity index (χ0n) is 30.5. The van der Waals surface area contributed by atoms with Crippen molar-refractivity contribution < 1.29 is 17.7 Å². The summed E-state index contributed by atoms with van der Waals surface area (Å²) in [6, 6.07) is 21.0. The SMILES string of the molecule is Cc1c(C)c(-c2cccc(-c3c(C)c(C)c(-c4ccncc4)c(C)c3C)c2OCCc2ccc(S(=O)(=O)O)cc2)c(C)c(C)c1-c1ccncc1. The lowest BCUT2D eigenvalue weighted by Gasteiger charge is -2.26. The van der Waals surface area contributed by atoms with Crippen LogP contribution in [0.1, 0.15) is 50.1 Å². The molecule has 0 amide bonds. The number of aromatic nitrogens is 2. The first-order valence-electron chi connectivity index (χ1n) is 17.2. The van der Waals surface area contributed by atoms with Gasteiger partial charge in [0.25, 0.3) is 10.1 Å². The zero-order chi connectivity index (χ0) is 36.6. The van der Waals surface area contributed by atoms with Crippen LogP contribution in [0.25, 0.3) is 44.5 Å². The van der Waals surface area contributed by atoms with Gasteiger partial charge in [-0.1, -0.05) is 30.3 Å². The van der Waals surface area contributed by atoms with E-state index in [2.05, 4.69) is 108 Å². The van der Waals surface area contributed by atoms with Crippen molar-refractivity contribution in [2.75, 3.05) is 6.61 Å². The number of ether oxygens (including phenoxy) is 1. The summed E-state index contributed by atoms with van der Waals surface area (Å²) in [6.45, 7) is 17.9. The van der Waals surface area contributed by atoms with Gasteiger partial charge in [-0.2, -0.15) is 8.42 Å². The van der Waals surface area contributed by atoms with Crippen LogP contribution in [0.5, 0.6) is 5.75 Å². The molecule has 0 saturated carbocycles. The second-order valence-electron chi connectivity index (χ2n) is 13.4. The van der Waals surface area contributed by atoms with Gasteiger partial charge in [0.15, 0.2) is 0 Å². The fraction of sp³-hybridized carbons (Fsp3) is 0.227. The van der Waals surface area contributed by atoms with E-state index >= 15 is 0 Å². The van der Waals surface area contributed by atoms with Gasteiger partial charge in [0.2, 0.25) is 0 Å². The smallest absolute Gasteiger partial charge is 0.294 e. The van der Waals surface area contributed by atoms with Crippen molar-refractivity contribution in [1.82, 2.24) is 9.97 Å². The number of nitrogens with zero attached hydrogens (tertiary/aromatic N) is 2. The summed E-state index contributed by atoms with van der Waals surface area (Å²) in [5.74, 6) is 0.815. The van der Waals surface area contributed by atoms with Crippen LogP contribution in [0.15, 0.2) is 96.4 Å². The predicted octanol–water partition coefficient (Wildman–Crippen LogP) is 10.5. The van der Waals surface area contributed by atoms with E-state index in [0.29, 0.717) is 13.0 Å². The molecule has 2 aromatic heterocycles. The van der Waals surface area contributed by atoms with Gasteiger partial charge in [0, 0.05) is 42.3 Å². The summed E-state index contributed by atoms with van der Waals surface area (Å²) in [6.07, 6.45) is 7.91. The number of para-hydroxylation sites is 1. The van der Waals surface area contributed by atoms with Crippen LogP contribution in [0.3, 0.4) is 0 Å². The molecule has 0 aliphatic heterocycles. The highest BCUT2D eigenvalue weighted by Crippen LogP contribution is 2.48. The topological polar surface area (TPSA) is 89.4 Å². The summed E-state index contributed by atoms with van der Waals surface area (Å²) in [7, 11) is -4.27. The minimum Gasteiger partial charge on any atom is -0.492 e. The first kappa shape index (κ1) is 35.7. The molecule has 1 N–H and O–H groups in total. The van der Waals surface area contributed by atoms with Crippen LogP contribution in [0, 0.1) is 55.4 Å². The van der Waals surface area contributed by atoms with E-state index in [0.717, 1.165) is 44.7 Å². The maximum Gasteiger partial charge on any atom is 0.294 e. The number of hydrogen-bond donors (Lipinski definition) is 1. The van der Waals surface area contributed by atoms with Gasteiger partial charge in [-0.25, -0.2) is 0 Å². The molecule has 4 aromatic carbocycles. The van der Waals surface area contributed by atoms with Crippen LogP contribution in [0.2, 0.25) is 0 Å². The fourth-order valence-electron chi connectivity index (χ4n) is 7.52. The van der Waals surface area contributed by atoms with Gasteiger partial charge in [-0.3, -0.25) is 14.5 Å². The molecule has 0 saturated heterocycles. The quantitative estimate of drug-likeness (QED) is 0.151. The predicted molar refractivity (Wildman–Crippen MR) is 207 cm³/mol. The van der Waals surface area contributed by atoms with E-state index in [9.17, 15) is 13.0 Å². The molecule has 0 radical (unpaired) electrons. The molecule has 6 aromatic rings. The Kier molecular flexibility index (Phi) is 9.98. The minimum absolute atomic E-state index is 0.126. The van der Waals surface area contributed by atoms with Gasteiger partial charge in [0.1, 0.15) is 5.75 Å². The molecular weight excluding hydrogens is 653 g/mol. The maximum absolute atomic E-state index is 11.6.